The molecule has 0 bridgehead atoms. The summed E-state index contributed by atoms with van der Waals surface area (Å²) in [7, 11) is -2.78. The van der Waals surface area contributed by atoms with Crippen LogP contribution in [0.15, 0.2) is 65.0 Å². The van der Waals surface area contributed by atoms with E-state index in [2.05, 4.69) is 14.7 Å². The molecule has 8 heteroatoms. The summed E-state index contributed by atoms with van der Waals surface area (Å²) in [6, 6.07) is 17.3. The van der Waals surface area contributed by atoms with Crippen LogP contribution in [0.25, 0.3) is 10.9 Å². The van der Waals surface area contributed by atoms with Crippen molar-refractivity contribution in [3.63, 3.8) is 0 Å². The van der Waals surface area contributed by atoms with Gasteiger partial charge in [-0.25, -0.2) is 9.78 Å². The number of nitrogens with one attached hydrogen (secondary N) is 1. The third kappa shape index (κ3) is 4.61. The number of anilines is 1. The number of urea groups is 1. The maximum absolute atomic E-state index is 11.2. The van der Waals surface area contributed by atoms with Crippen molar-refractivity contribution < 1.29 is 17.9 Å². The quantitative estimate of drug-likeness (QED) is 0.773. The van der Waals surface area contributed by atoms with Gasteiger partial charge in [-0.15, -0.1) is 0 Å². The maximum Gasteiger partial charge on any atom is 0.360 e. The molecule has 126 valence electrons. The van der Waals surface area contributed by atoms with Crippen LogP contribution < -0.4 is 10.1 Å². The molecule has 1 aromatic heterocycles. The Morgan fingerprint density at radius 1 is 1.04 bits per heavy atom. The summed E-state index contributed by atoms with van der Waals surface area (Å²) in [4.78, 5) is 15.7. The topological polar surface area (TPSA) is 97.7 Å². The summed E-state index contributed by atoms with van der Waals surface area (Å²) < 4.78 is 29.1. The average molecular weight is 355 g/mol. The predicted octanol–water partition coefficient (Wildman–Crippen LogP) is 3.41. The van der Waals surface area contributed by atoms with Crippen molar-refractivity contribution in [2.45, 2.75) is 6.61 Å². The molecule has 2 amide bonds. The predicted molar refractivity (Wildman–Crippen MR) is 92.9 cm³/mol. The molecule has 3 aromatic rings. The van der Waals surface area contributed by atoms with E-state index in [-0.39, 0.29) is 0 Å². The molecule has 0 fully saturated rings. The summed E-state index contributed by atoms with van der Waals surface area (Å²) in [5, 5.41) is 3.39. The number of para-hydroxylation sites is 1. The smallest absolute Gasteiger partial charge is 0.360 e. The highest BCUT2D eigenvalue weighted by Gasteiger charge is 2.02. The first-order valence-electron chi connectivity index (χ1n) is 7.30. The number of hydrogen-bond donors (Lipinski definition) is 1. The Hall–Kier alpha value is -3.26. The van der Waals surface area contributed by atoms with E-state index in [9.17, 15) is 13.2 Å². The highest BCUT2D eigenvalue weighted by molar-refractivity contribution is 7.62. The number of hydrogen-bond acceptors (Lipinski definition) is 5. The van der Waals surface area contributed by atoms with E-state index < -0.39 is 16.5 Å². The van der Waals surface area contributed by atoms with Crippen molar-refractivity contribution in [2.24, 2.45) is 4.36 Å². The van der Waals surface area contributed by atoms with Crippen LogP contribution in [0, 0.1) is 0 Å². The zero-order valence-corrected chi connectivity index (χ0v) is 13.7. The van der Waals surface area contributed by atoms with Gasteiger partial charge in [-0.1, -0.05) is 28.6 Å². The number of carbonyl (C=O) groups excluding carboxylic acids is 1. The Balaban J connectivity index is 1.63. The van der Waals surface area contributed by atoms with Gasteiger partial charge < -0.3 is 10.1 Å². The highest BCUT2D eigenvalue weighted by Crippen LogP contribution is 2.18. The second kappa shape index (κ2) is 7.54. The maximum atomic E-state index is 11.2. The zero-order chi connectivity index (χ0) is 17.6. The number of amides is 2. The molecule has 0 aliphatic carbocycles. The van der Waals surface area contributed by atoms with Gasteiger partial charge in [0.05, 0.1) is 11.2 Å². The number of fused-ring (bicyclic) bond motifs is 1. The summed E-state index contributed by atoms with van der Waals surface area (Å²) >= 11 is 0. The molecule has 0 aliphatic rings. The monoisotopic (exact) mass is 355 g/mol. The molecular weight excluding hydrogens is 342 g/mol. The number of aromatic nitrogens is 1. The lowest BCUT2D eigenvalue weighted by Crippen LogP contribution is -2.05. The van der Waals surface area contributed by atoms with Crippen LogP contribution in [0.3, 0.4) is 0 Å². The van der Waals surface area contributed by atoms with Gasteiger partial charge in [-0.05, 0) is 36.4 Å². The van der Waals surface area contributed by atoms with Crippen LogP contribution in [0.2, 0.25) is 0 Å². The first-order chi connectivity index (χ1) is 12.1. The fourth-order valence-electron chi connectivity index (χ4n) is 2.19. The Labute approximate surface area is 145 Å². The van der Waals surface area contributed by atoms with Gasteiger partial charge in [0.1, 0.15) is 12.4 Å². The van der Waals surface area contributed by atoms with Crippen LogP contribution in [0.5, 0.6) is 5.75 Å². The van der Waals surface area contributed by atoms with Crippen LogP contribution in [0.1, 0.15) is 5.69 Å². The van der Waals surface area contributed by atoms with Crippen LogP contribution in [0.4, 0.5) is 10.5 Å². The molecule has 2 aromatic carbocycles. The molecule has 1 heterocycles. The third-order valence-corrected chi connectivity index (χ3v) is 3.62. The Kier molecular flexibility index (Phi) is 5.00. The number of carbonyl (C=O) groups is 1. The van der Waals surface area contributed by atoms with Gasteiger partial charge in [0.25, 0.3) is 0 Å². The molecule has 0 saturated heterocycles. The molecule has 7 nitrogen and oxygen atoms in total. The van der Waals surface area contributed by atoms with E-state index in [0.717, 1.165) is 16.6 Å². The van der Waals surface area contributed by atoms with Gasteiger partial charge >= 0.3 is 16.5 Å². The van der Waals surface area contributed by atoms with Crippen molar-refractivity contribution in [3.8, 4) is 5.75 Å². The van der Waals surface area contributed by atoms with E-state index in [1.54, 1.807) is 24.3 Å². The lowest BCUT2D eigenvalue weighted by Gasteiger charge is -2.07. The van der Waals surface area contributed by atoms with Crippen LogP contribution in [-0.2, 0) is 17.1 Å². The van der Waals surface area contributed by atoms with E-state index in [4.69, 9.17) is 4.74 Å². The summed E-state index contributed by atoms with van der Waals surface area (Å²) in [5.41, 5.74) is 2.12. The van der Waals surface area contributed by atoms with Gasteiger partial charge in [0.2, 0.25) is 0 Å². The molecule has 25 heavy (non-hydrogen) atoms. The zero-order valence-electron chi connectivity index (χ0n) is 12.9. The number of benzene rings is 2. The fraction of sp³-hybridized carbons (Fsp3) is 0.0588. The normalized spacial score (nSPS) is 10.2. The Morgan fingerprint density at radius 2 is 1.80 bits per heavy atom. The van der Waals surface area contributed by atoms with Gasteiger partial charge in [-0.2, -0.15) is 8.42 Å². The molecule has 0 atom stereocenters. The van der Waals surface area contributed by atoms with E-state index in [1.807, 2.05) is 36.4 Å². The first kappa shape index (κ1) is 16.6. The lowest BCUT2D eigenvalue weighted by atomic mass is 10.2. The number of rotatable bonds is 4. The first-order valence-corrected chi connectivity index (χ1v) is 8.33. The summed E-state index contributed by atoms with van der Waals surface area (Å²) in [6.45, 7) is 0.307. The lowest BCUT2D eigenvalue weighted by molar-refractivity contribution is 0.260. The minimum Gasteiger partial charge on any atom is -0.487 e. The van der Waals surface area contributed by atoms with Crippen LogP contribution >= 0.6 is 0 Å². The molecule has 0 radical (unpaired) electrons. The Bertz CT molecular complexity index is 1040. The van der Waals surface area contributed by atoms with E-state index in [1.165, 1.54) is 0 Å². The molecule has 3 rings (SSSR count). The average Bonchev–Trinajstić information content (AvgIpc) is 2.60. The van der Waals surface area contributed by atoms with Gasteiger partial charge in [0, 0.05) is 11.1 Å². The van der Waals surface area contributed by atoms with Gasteiger partial charge in [-0.3, -0.25) is 0 Å². The summed E-state index contributed by atoms with van der Waals surface area (Å²) in [5.74, 6) is 0.595. The number of pyridine rings is 1. The third-order valence-electron chi connectivity index (χ3n) is 3.31. The highest BCUT2D eigenvalue weighted by atomic mass is 32.2. The second-order valence-electron chi connectivity index (χ2n) is 5.05. The van der Waals surface area contributed by atoms with Gasteiger partial charge in [0.15, 0.2) is 0 Å². The SMILES string of the molecule is O=C(N=S(=O)=O)Nc1ccc(OCc2ccc3ccccc3n2)cc1. The van der Waals surface area contributed by atoms with Crippen LogP contribution in [-0.4, -0.2) is 19.4 Å². The largest absolute Gasteiger partial charge is 0.487 e. The minimum atomic E-state index is -2.78. The number of nitrogens with zero attached hydrogens (tertiary/aromatic N) is 2. The minimum absolute atomic E-state index is 0.307. The fourth-order valence-corrected chi connectivity index (χ4v) is 2.38. The number of ether oxygens (including phenoxy) is 1. The van der Waals surface area contributed by atoms with E-state index in [0.29, 0.717) is 18.0 Å². The Morgan fingerprint density at radius 3 is 2.56 bits per heavy atom. The summed E-state index contributed by atoms with van der Waals surface area (Å²) in [6.07, 6.45) is 0. The van der Waals surface area contributed by atoms with E-state index >= 15 is 0 Å². The van der Waals surface area contributed by atoms with Crippen molar-refractivity contribution in [3.05, 3.63) is 66.4 Å². The molecule has 1 N–H and O–H groups in total. The second-order valence-corrected chi connectivity index (χ2v) is 5.66. The van der Waals surface area contributed by atoms with Crippen molar-refractivity contribution >= 4 is 33.1 Å². The molecule has 0 aliphatic heterocycles. The van der Waals surface area contributed by atoms with Crippen molar-refractivity contribution in [1.29, 1.82) is 0 Å². The molecule has 0 unspecified atom stereocenters. The molecular formula is C17H13N3O4S. The molecule has 0 spiro atoms. The molecule has 0 saturated carbocycles. The van der Waals surface area contributed by atoms with Crippen molar-refractivity contribution in [2.75, 3.05) is 5.32 Å². The van der Waals surface area contributed by atoms with Crippen molar-refractivity contribution in [1.82, 2.24) is 4.98 Å². The standard InChI is InChI=1S/C17H13N3O4S/c21-17(20-25(22)23)19-13-7-9-15(10-8-13)24-11-14-6-5-12-3-1-2-4-16(12)18-14/h1-10H,11H2,(H,19,21).